The number of allylic oxidation sites excluding steroid dienone is 1. The Morgan fingerprint density at radius 1 is 1.37 bits per heavy atom. The third kappa shape index (κ3) is 2.77. The predicted octanol–water partition coefficient (Wildman–Crippen LogP) is 3.31. The van der Waals surface area contributed by atoms with Gasteiger partial charge in [0.1, 0.15) is 12.4 Å². The first-order valence-electron chi connectivity index (χ1n) is 5.56. The van der Waals surface area contributed by atoms with Gasteiger partial charge in [-0.05, 0) is 18.1 Å². The minimum Gasteiger partial charge on any atom is -0.426 e. The summed E-state index contributed by atoms with van der Waals surface area (Å²) in [6, 6.07) is 4.72. The van der Waals surface area contributed by atoms with Crippen molar-refractivity contribution in [3.63, 3.8) is 0 Å². The highest BCUT2D eigenvalue weighted by molar-refractivity contribution is 5.77. The lowest BCUT2D eigenvalue weighted by atomic mass is 10.1. The Bertz CT molecular complexity index is 520. The first-order chi connectivity index (χ1) is 8.93. The van der Waals surface area contributed by atoms with Crippen molar-refractivity contribution in [1.82, 2.24) is 0 Å². The Labute approximate surface area is 106 Å². The second-order valence-corrected chi connectivity index (χ2v) is 4.10. The largest absolute Gasteiger partial charge is 0.426 e. The zero-order valence-corrected chi connectivity index (χ0v) is 9.71. The van der Waals surface area contributed by atoms with Gasteiger partial charge in [-0.1, -0.05) is 24.3 Å². The van der Waals surface area contributed by atoms with E-state index in [-0.39, 0.29) is 5.75 Å². The maximum atomic E-state index is 12.4. The smallest absolute Gasteiger partial charge is 0.404 e. The van der Waals surface area contributed by atoms with Gasteiger partial charge in [-0.15, -0.1) is 0 Å². The van der Waals surface area contributed by atoms with Crippen molar-refractivity contribution in [3.8, 4) is 5.75 Å². The summed E-state index contributed by atoms with van der Waals surface area (Å²) in [6.45, 7) is -1.82. The Balaban J connectivity index is 2.18. The van der Waals surface area contributed by atoms with Crippen LogP contribution in [0.2, 0.25) is 0 Å². The van der Waals surface area contributed by atoms with Crippen LogP contribution in [0.3, 0.4) is 0 Å². The number of hydrogen-bond acceptors (Lipinski definition) is 2. The van der Waals surface area contributed by atoms with Crippen molar-refractivity contribution in [2.75, 3.05) is 6.67 Å². The normalized spacial score (nSPS) is 15.2. The number of ether oxygens (including phenoxy) is 1. The van der Waals surface area contributed by atoms with Crippen molar-refractivity contribution in [2.24, 2.45) is 5.92 Å². The van der Waals surface area contributed by atoms with Gasteiger partial charge in [0.25, 0.3) is 0 Å². The monoisotopic (exact) mass is 274 g/mol. The van der Waals surface area contributed by atoms with E-state index in [4.69, 9.17) is 4.74 Å². The predicted molar refractivity (Wildman–Crippen MR) is 60.3 cm³/mol. The van der Waals surface area contributed by atoms with Crippen LogP contribution < -0.4 is 4.74 Å². The number of halogens is 4. The third-order valence-corrected chi connectivity index (χ3v) is 2.83. The average molecular weight is 274 g/mol. The fraction of sp³-hybridized carbons (Fsp3) is 0.308. The van der Waals surface area contributed by atoms with Crippen LogP contribution >= 0.6 is 0 Å². The molecule has 1 aromatic rings. The summed E-state index contributed by atoms with van der Waals surface area (Å²) in [5, 5.41) is 0. The molecular formula is C13H10F4O2. The summed E-state index contributed by atoms with van der Waals surface area (Å²) >= 11 is 0. The van der Waals surface area contributed by atoms with Crippen LogP contribution in [0.15, 0.2) is 24.3 Å². The van der Waals surface area contributed by atoms with Crippen molar-refractivity contribution < 1.29 is 27.1 Å². The van der Waals surface area contributed by atoms with Crippen molar-refractivity contribution in [3.05, 3.63) is 35.4 Å². The van der Waals surface area contributed by atoms with Gasteiger partial charge in [0.15, 0.2) is 5.92 Å². The lowest BCUT2D eigenvalue weighted by Crippen LogP contribution is -2.35. The highest BCUT2D eigenvalue weighted by Crippen LogP contribution is 2.32. The molecule has 0 radical (unpaired) electrons. The number of carbonyl (C=O) groups is 1. The van der Waals surface area contributed by atoms with E-state index in [2.05, 4.69) is 0 Å². The summed E-state index contributed by atoms with van der Waals surface area (Å²) < 4.78 is 54.2. The molecule has 2 nitrogen and oxygen atoms in total. The van der Waals surface area contributed by atoms with E-state index in [9.17, 15) is 22.4 Å². The molecule has 0 saturated carbocycles. The molecule has 0 aliphatic heterocycles. The van der Waals surface area contributed by atoms with Crippen LogP contribution in [0.5, 0.6) is 5.75 Å². The van der Waals surface area contributed by atoms with Crippen molar-refractivity contribution >= 4 is 12.0 Å². The molecule has 0 heterocycles. The third-order valence-electron chi connectivity index (χ3n) is 2.83. The minimum atomic E-state index is -4.94. The Hall–Kier alpha value is -1.85. The van der Waals surface area contributed by atoms with Crippen LogP contribution in [-0.4, -0.2) is 18.8 Å². The van der Waals surface area contributed by atoms with Gasteiger partial charge in [-0.3, -0.25) is 4.79 Å². The molecule has 0 aromatic heterocycles. The van der Waals surface area contributed by atoms with E-state index in [1.165, 1.54) is 6.07 Å². The molecule has 102 valence electrons. The molecule has 0 amide bonds. The van der Waals surface area contributed by atoms with Gasteiger partial charge in [0.05, 0.1) is 0 Å². The lowest BCUT2D eigenvalue weighted by Gasteiger charge is -2.16. The van der Waals surface area contributed by atoms with E-state index in [1.807, 2.05) is 0 Å². The lowest BCUT2D eigenvalue weighted by molar-refractivity contribution is -0.194. The molecule has 1 aliphatic rings. The highest BCUT2D eigenvalue weighted by atomic mass is 19.4. The molecule has 1 unspecified atom stereocenters. The second-order valence-electron chi connectivity index (χ2n) is 4.10. The van der Waals surface area contributed by atoms with Crippen molar-refractivity contribution in [1.29, 1.82) is 0 Å². The molecule has 6 heteroatoms. The molecule has 1 aliphatic carbocycles. The molecule has 2 rings (SSSR count). The van der Waals surface area contributed by atoms with Gasteiger partial charge in [0, 0.05) is 5.56 Å². The van der Waals surface area contributed by atoms with Crippen LogP contribution in [0, 0.1) is 5.92 Å². The number of alkyl halides is 4. The Morgan fingerprint density at radius 3 is 2.74 bits per heavy atom. The number of fused-ring (bicyclic) bond motifs is 1. The molecule has 1 atom stereocenters. The summed E-state index contributed by atoms with van der Waals surface area (Å²) in [4.78, 5) is 11.4. The van der Waals surface area contributed by atoms with E-state index < -0.39 is 24.7 Å². The molecule has 1 aromatic carbocycles. The van der Waals surface area contributed by atoms with Crippen LogP contribution in [0.4, 0.5) is 17.6 Å². The molecule has 19 heavy (non-hydrogen) atoms. The summed E-state index contributed by atoms with van der Waals surface area (Å²) in [5.41, 5.74) is 1.42. The Kier molecular flexibility index (Phi) is 3.59. The Morgan fingerprint density at radius 2 is 2.11 bits per heavy atom. The molecule has 0 fully saturated rings. The maximum Gasteiger partial charge on any atom is 0.404 e. The van der Waals surface area contributed by atoms with Crippen molar-refractivity contribution in [2.45, 2.75) is 12.6 Å². The quantitative estimate of drug-likeness (QED) is 0.480. The molecule has 0 bridgehead atoms. The first-order valence-corrected chi connectivity index (χ1v) is 5.56. The van der Waals surface area contributed by atoms with Gasteiger partial charge < -0.3 is 4.74 Å². The first kappa shape index (κ1) is 13.6. The summed E-state index contributed by atoms with van der Waals surface area (Å²) in [6.07, 6.45) is -0.880. The topological polar surface area (TPSA) is 26.3 Å². The van der Waals surface area contributed by atoms with E-state index in [0.29, 0.717) is 12.0 Å². The zero-order valence-electron chi connectivity index (χ0n) is 9.71. The average Bonchev–Trinajstić information content (AvgIpc) is 2.77. The van der Waals surface area contributed by atoms with Gasteiger partial charge >= 0.3 is 12.1 Å². The van der Waals surface area contributed by atoms with E-state index >= 15 is 0 Å². The molecule has 0 saturated heterocycles. The fourth-order valence-electron chi connectivity index (χ4n) is 1.82. The van der Waals surface area contributed by atoms with E-state index in [0.717, 1.165) is 5.56 Å². The van der Waals surface area contributed by atoms with Gasteiger partial charge in [0.2, 0.25) is 0 Å². The number of benzene rings is 1. The highest BCUT2D eigenvalue weighted by Gasteiger charge is 2.46. The van der Waals surface area contributed by atoms with Gasteiger partial charge in [-0.2, -0.15) is 13.2 Å². The molecule has 0 spiro atoms. The van der Waals surface area contributed by atoms with Crippen LogP contribution in [0.1, 0.15) is 11.1 Å². The van der Waals surface area contributed by atoms with Gasteiger partial charge in [-0.25, -0.2) is 4.39 Å². The second kappa shape index (κ2) is 5.03. The number of rotatable bonds is 3. The molecular weight excluding hydrogens is 264 g/mol. The molecule has 0 N–H and O–H groups in total. The van der Waals surface area contributed by atoms with E-state index in [1.54, 1.807) is 24.3 Å². The summed E-state index contributed by atoms with van der Waals surface area (Å²) in [7, 11) is 0. The number of esters is 1. The van der Waals surface area contributed by atoms with Crippen LogP contribution in [-0.2, 0) is 11.2 Å². The minimum absolute atomic E-state index is 0.0511. The fourth-order valence-corrected chi connectivity index (χ4v) is 1.82. The number of carbonyl (C=O) groups excluding carboxylic acids is 1. The standard InChI is InChI=1S/C13H10F4O2/c14-7-10(13(15,16)17)12(18)19-11-6-2-4-8-3-1-5-9(8)11/h1-4,6,10H,5,7H2. The SMILES string of the molecule is O=C(Oc1cccc2c1CC=C2)C(CF)C(F)(F)F. The maximum absolute atomic E-state index is 12.4. The summed E-state index contributed by atoms with van der Waals surface area (Å²) in [5.74, 6) is -4.30. The number of hydrogen-bond donors (Lipinski definition) is 0. The van der Waals surface area contributed by atoms with Crippen LogP contribution in [0.25, 0.3) is 6.08 Å². The zero-order chi connectivity index (χ0) is 14.0.